The van der Waals surface area contributed by atoms with Gasteiger partial charge in [-0.05, 0) is 30.7 Å². The summed E-state index contributed by atoms with van der Waals surface area (Å²) in [7, 11) is 1.93. The molecule has 0 spiro atoms. The fourth-order valence-corrected chi connectivity index (χ4v) is 2.03. The Morgan fingerprint density at radius 2 is 1.83 bits per heavy atom. The zero-order chi connectivity index (χ0) is 12.5. The monoisotopic (exact) mass is 238 g/mol. The summed E-state index contributed by atoms with van der Waals surface area (Å²) in [4.78, 5) is 0. The van der Waals surface area contributed by atoms with Gasteiger partial charge in [0.15, 0.2) is 0 Å². The first-order valence-corrected chi connectivity index (χ1v) is 5.86. The minimum Gasteiger partial charge on any atom is -0.266 e. The molecule has 0 radical (unpaired) electrons. The summed E-state index contributed by atoms with van der Waals surface area (Å²) in [5.41, 5.74) is 4.21. The Labute approximate surface area is 105 Å². The van der Waals surface area contributed by atoms with Gasteiger partial charge in [-0.25, -0.2) is 4.68 Å². The smallest absolute Gasteiger partial charge is 0.114 e. The average Bonchev–Trinajstić information content (AvgIpc) is 2.96. The molecule has 18 heavy (non-hydrogen) atoms. The summed E-state index contributed by atoms with van der Waals surface area (Å²) in [5, 5.41) is 8.82. The van der Waals surface area contributed by atoms with Gasteiger partial charge in [-0.15, -0.1) is 0 Å². The van der Waals surface area contributed by atoms with Crippen LogP contribution in [-0.4, -0.2) is 19.6 Å². The van der Waals surface area contributed by atoms with E-state index in [0.717, 1.165) is 22.6 Å². The van der Waals surface area contributed by atoms with E-state index in [1.165, 1.54) is 0 Å². The van der Waals surface area contributed by atoms with Crippen molar-refractivity contribution in [1.29, 1.82) is 0 Å². The van der Waals surface area contributed by atoms with Gasteiger partial charge in [0.2, 0.25) is 0 Å². The van der Waals surface area contributed by atoms with Crippen molar-refractivity contribution in [3.05, 3.63) is 54.4 Å². The van der Waals surface area contributed by atoms with Crippen molar-refractivity contribution in [2.75, 3.05) is 0 Å². The SMILES string of the molecule is Cc1cn(-c2ccccc2)nc1-c1ccnn1C. The molecule has 0 unspecified atom stereocenters. The van der Waals surface area contributed by atoms with Gasteiger partial charge in [0, 0.05) is 19.4 Å². The van der Waals surface area contributed by atoms with Crippen LogP contribution in [0.5, 0.6) is 0 Å². The van der Waals surface area contributed by atoms with Gasteiger partial charge >= 0.3 is 0 Å². The van der Waals surface area contributed by atoms with Crippen molar-refractivity contribution >= 4 is 0 Å². The second kappa shape index (κ2) is 4.14. The van der Waals surface area contributed by atoms with Crippen LogP contribution in [0.25, 0.3) is 17.1 Å². The number of rotatable bonds is 2. The van der Waals surface area contributed by atoms with Crippen LogP contribution < -0.4 is 0 Å². The largest absolute Gasteiger partial charge is 0.266 e. The summed E-state index contributed by atoms with van der Waals surface area (Å²) in [6.07, 6.45) is 3.83. The van der Waals surface area contributed by atoms with E-state index in [0.29, 0.717) is 0 Å². The molecule has 90 valence electrons. The predicted molar refractivity (Wildman–Crippen MR) is 70.5 cm³/mol. The normalized spacial score (nSPS) is 10.8. The third-order valence-electron chi connectivity index (χ3n) is 2.98. The fourth-order valence-electron chi connectivity index (χ4n) is 2.03. The molecule has 0 aliphatic carbocycles. The second-order valence-electron chi connectivity index (χ2n) is 4.28. The van der Waals surface area contributed by atoms with Crippen LogP contribution in [-0.2, 0) is 7.05 Å². The van der Waals surface area contributed by atoms with E-state index in [-0.39, 0.29) is 0 Å². The lowest BCUT2D eigenvalue weighted by Gasteiger charge is -2.00. The van der Waals surface area contributed by atoms with Gasteiger partial charge in [0.25, 0.3) is 0 Å². The maximum atomic E-state index is 4.64. The third kappa shape index (κ3) is 1.72. The Balaban J connectivity index is 2.10. The maximum Gasteiger partial charge on any atom is 0.114 e. The molecule has 0 atom stereocenters. The van der Waals surface area contributed by atoms with E-state index < -0.39 is 0 Å². The molecule has 3 aromatic rings. The van der Waals surface area contributed by atoms with E-state index >= 15 is 0 Å². The number of para-hydroxylation sites is 1. The highest BCUT2D eigenvalue weighted by Gasteiger charge is 2.11. The van der Waals surface area contributed by atoms with Gasteiger partial charge in [0.1, 0.15) is 5.69 Å². The van der Waals surface area contributed by atoms with Gasteiger partial charge < -0.3 is 0 Å². The van der Waals surface area contributed by atoms with E-state index in [1.807, 2.05) is 59.0 Å². The lowest BCUT2D eigenvalue weighted by atomic mass is 10.2. The van der Waals surface area contributed by atoms with Crippen LogP contribution in [0.2, 0.25) is 0 Å². The fraction of sp³-hybridized carbons (Fsp3) is 0.143. The number of nitrogens with zero attached hydrogens (tertiary/aromatic N) is 4. The van der Waals surface area contributed by atoms with Crippen LogP contribution in [0.1, 0.15) is 5.56 Å². The number of hydrogen-bond acceptors (Lipinski definition) is 2. The predicted octanol–water partition coefficient (Wildman–Crippen LogP) is 2.58. The summed E-state index contributed by atoms with van der Waals surface area (Å²) in [5.74, 6) is 0. The van der Waals surface area contributed by atoms with Gasteiger partial charge in [-0.3, -0.25) is 4.68 Å². The van der Waals surface area contributed by atoms with Crippen molar-refractivity contribution in [2.45, 2.75) is 6.92 Å². The molecule has 0 aliphatic rings. The molecular weight excluding hydrogens is 224 g/mol. The van der Waals surface area contributed by atoms with E-state index in [4.69, 9.17) is 0 Å². The van der Waals surface area contributed by atoms with Crippen molar-refractivity contribution in [3.8, 4) is 17.1 Å². The van der Waals surface area contributed by atoms with Crippen LogP contribution in [0.3, 0.4) is 0 Å². The van der Waals surface area contributed by atoms with Gasteiger partial charge in [-0.1, -0.05) is 18.2 Å². The van der Waals surface area contributed by atoms with Crippen LogP contribution in [0, 0.1) is 6.92 Å². The molecule has 2 heterocycles. The number of benzene rings is 1. The first-order chi connectivity index (χ1) is 8.75. The number of aromatic nitrogens is 4. The molecule has 1 aromatic carbocycles. The second-order valence-corrected chi connectivity index (χ2v) is 4.28. The van der Waals surface area contributed by atoms with E-state index in [9.17, 15) is 0 Å². The minimum absolute atomic E-state index is 0.971. The molecule has 0 bridgehead atoms. The molecular formula is C14H14N4. The summed E-state index contributed by atoms with van der Waals surface area (Å²) in [6, 6.07) is 12.1. The lowest BCUT2D eigenvalue weighted by Crippen LogP contribution is -1.97. The molecule has 0 N–H and O–H groups in total. The highest BCUT2D eigenvalue weighted by Crippen LogP contribution is 2.21. The van der Waals surface area contributed by atoms with Crippen molar-refractivity contribution in [1.82, 2.24) is 19.6 Å². The molecule has 3 rings (SSSR count). The average molecular weight is 238 g/mol. The zero-order valence-electron chi connectivity index (χ0n) is 10.4. The molecule has 0 aliphatic heterocycles. The molecule has 4 nitrogen and oxygen atoms in total. The highest BCUT2D eigenvalue weighted by atomic mass is 15.3. The molecule has 0 amide bonds. The summed E-state index contributed by atoms with van der Waals surface area (Å²) >= 11 is 0. The Bertz CT molecular complexity index is 664. The van der Waals surface area contributed by atoms with E-state index in [1.54, 1.807) is 6.20 Å². The Kier molecular flexibility index (Phi) is 2.48. The quantitative estimate of drug-likeness (QED) is 0.688. The van der Waals surface area contributed by atoms with Crippen molar-refractivity contribution in [3.63, 3.8) is 0 Å². The van der Waals surface area contributed by atoms with Crippen LogP contribution in [0.4, 0.5) is 0 Å². The Morgan fingerprint density at radius 1 is 1.06 bits per heavy atom. The number of hydrogen-bond donors (Lipinski definition) is 0. The van der Waals surface area contributed by atoms with Crippen molar-refractivity contribution in [2.24, 2.45) is 7.05 Å². The number of aryl methyl sites for hydroxylation is 2. The van der Waals surface area contributed by atoms with Crippen LogP contribution in [0.15, 0.2) is 48.8 Å². The first-order valence-electron chi connectivity index (χ1n) is 5.86. The lowest BCUT2D eigenvalue weighted by molar-refractivity contribution is 0.769. The maximum absolute atomic E-state index is 4.64. The Hall–Kier alpha value is -2.36. The standard InChI is InChI=1S/C14H14N4/c1-11-10-18(12-6-4-3-5-7-12)16-14(11)13-8-9-15-17(13)2/h3-10H,1-2H3. The minimum atomic E-state index is 0.971. The summed E-state index contributed by atoms with van der Waals surface area (Å²) in [6.45, 7) is 2.06. The zero-order valence-corrected chi connectivity index (χ0v) is 10.4. The molecule has 4 heteroatoms. The van der Waals surface area contributed by atoms with Gasteiger partial charge in [-0.2, -0.15) is 10.2 Å². The summed E-state index contributed by atoms with van der Waals surface area (Å²) < 4.78 is 3.74. The Morgan fingerprint density at radius 3 is 2.50 bits per heavy atom. The highest BCUT2D eigenvalue weighted by molar-refractivity contribution is 5.58. The molecule has 2 aromatic heterocycles. The molecule has 0 saturated carbocycles. The molecule has 0 fully saturated rings. The topological polar surface area (TPSA) is 35.6 Å². The van der Waals surface area contributed by atoms with Crippen molar-refractivity contribution < 1.29 is 0 Å². The third-order valence-corrected chi connectivity index (χ3v) is 2.98. The van der Waals surface area contributed by atoms with Gasteiger partial charge in [0.05, 0.1) is 11.4 Å². The van der Waals surface area contributed by atoms with E-state index in [2.05, 4.69) is 17.1 Å². The first kappa shape index (κ1) is 10.8. The van der Waals surface area contributed by atoms with Crippen LogP contribution >= 0.6 is 0 Å². The molecule has 0 saturated heterocycles.